The lowest BCUT2D eigenvalue weighted by Crippen LogP contribution is -2.05. The molecule has 0 bridgehead atoms. The van der Waals surface area contributed by atoms with Crippen LogP contribution in [0.4, 0.5) is 0 Å². The van der Waals surface area contributed by atoms with Crippen molar-refractivity contribution >= 4 is 10.9 Å². The van der Waals surface area contributed by atoms with Crippen molar-refractivity contribution in [2.24, 2.45) is 0 Å². The molecule has 0 unspecified atom stereocenters. The summed E-state index contributed by atoms with van der Waals surface area (Å²) in [6, 6.07) is 8.93. The number of fused-ring (bicyclic) bond motifs is 1. The van der Waals surface area contributed by atoms with E-state index in [4.69, 9.17) is 9.15 Å². The molecule has 90 valence electrons. The van der Waals surface area contributed by atoms with Gasteiger partial charge < -0.3 is 14.1 Å². The van der Waals surface area contributed by atoms with Crippen molar-refractivity contribution < 1.29 is 9.15 Å². The average Bonchev–Trinajstić information content (AvgIpc) is 2.90. The molecule has 0 aliphatic rings. The van der Waals surface area contributed by atoms with Gasteiger partial charge in [0.05, 0.1) is 25.2 Å². The van der Waals surface area contributed by atoms with E-state index < -0.39 is 0 Å². The van der Waals surface area contributed by atoms with Crippen LogP contribution in [0.5, 0.6) is 5.75 Å². The van der Waals surface area contributed by atoms with E-state index in [1.165, 1.54) is 0 Å². The molecule has 3 aromatic rings. The standard InChI is InChI=1S/C14H11NO3/c1-17-12-4-2-3-11-14(12)10(7-13(16)15-11)9-5-6-18-8-9/h2-8H,1H3,(H,15,16). The van der Waals surface area contributed by atoms with Gasteiger partial charge in [-0.3, -0.25) is 4.79 Å². The topological polar surface area (TPSA) is 55.2 Å². The van der Waals surface area contributed by atoms with Crippen molar-refractivity contribution in [3.05, 3.63) is 53.2 Å². The molecule has 0 aliphatic carbocycles. The summed E-state index contributed by atoms with van der Waals surface area (Å²) in [4.78, 5) is 14.5. The Bertz CT molecular complexity index is 741. The van der Waals surface area contributed by atoms with E-state index in [0.717, 1.165) is 27.8 Å². The molecule has 1 aromatic carbocycles. The molecule has 18 heavy (non-hydrogen) atoms. The van der Waals surface area contributed by atoms with Gasteiger partial charge in [0, 0.05) is 22.6 Å². The number of H-pyrrole nitrogens is 1. The first kappa shape index (κ1) is 10.7. The Balaban J connectivity index is 2.46. The zero-order chi connectivity index (χ0) is 12.5. The Morgan fingerprint density at radius 2 is 2.17 bits per heavy atom. The lowest BCUT2D eigenvalue weighted by Gasteiger charge is -2.08. The van der Waals surface area contributed by atoms with Gasteiger partial charge in [-0.1, -0.05) is 6.07 Å². The normalized spacial score (nSPS) is 10.7. The minimum absolute atomic E-state index is 0.146. The van der Waals surface area contributed by atoms with Crippen molar-refractivity contribution in [2.75, 3.05) is 7.11 Å². The van der Waals surface area contributed by atoms with E-state index in [-0.39, 0.29) is 5.56 Å². The monoisotopic (exact) mass is 241 g/mol. The molecule has 4 heteroatoms. The number of furan rings is 1. The maximum absolute atomic E-state index is 11.7. The number of aromatic amines is 1. The number of pyridine rings is 1. The second kappa shape index (κ2) is 4.07. The van der Waals surface area contributed by atoms with Crippen molar-refractivity contribution in [2.45, 2.75) is 0 Å². The number of rotatable bonds is 2. The summed E-state index contributed by atoms with van der Waals surface area (Å²) in [6.45, 7) is 0. The number of nitrogens with one attached hydrogen (secondary N) is 1. The highest BCUT2D eigenvalue weighted by molar-refractivity contribution is 5.98. The van der Waals surface area contributed by atoms with Crippen LogP contribution in [0.25, 0.3) is 22.0 Å². The molecule has 0 amide bonds. The second-order valence-corrected chi connectivity index (χ2v) is 3.94. The van der Waals surface area contributed by atoms with Gasteiger partial charge in [-0.15, -0.1) is 0 Å². The zero-order valence-corrected chi connectivity index (χ0v) is 9.77. The van der Waals surface area contributed by atoms with E-state index >= 15 is 0 Å². The van der Waals surface area contributed by atoms with Gasteiger partial charge in [0.15, 0.2) is 0 Å². The Kier molecular flexibility index (Phi) is 2.41. The summed E-state index contributed by atoms with van der Waals surface area (Å²) < 4.78 is 10.4. The third-order valence-corrected chi connectivity index (χ3v) is 2.88. The van der Waals surface area contributed by atoms with Crippen LogP contribution in [0, 0.1) is 0 Å². The summed E-state index contributed by atoms with van der Waals surface area (Å²) in [7, 11) is 1.61. The number of hydrogen-bond acceptors (Lipinski definition) is 3. The van der Waals surface area contributed by atoms with Crippen LogP contribution in [0.15, 0.2) is 52.1 Å². The third-order valence-electron chi connectivity index (χ3n) is 2.88. The number of benzene rings is 1. The molecule has 0 spiro atoms. The van der Waals surface area contributed by atoms with Crippen LogP contribution in [0.3, 0.4) is 0 Å². The first-order valence-corrected chi connectivity index (χ1v) is 5.52. The van der Waals surface area contributed by atoms with Crippen molar-refractivity contribution in [1.82, 2.24) is 4.98 Å². The molecule has 0 fully saturated rings. The summed E-state index contributed by atoms with van der Waals surface area (Å²) in [5, 5.41) is 0.876. The van der Waals surface area contributed by atoms with Gasteiger partial charge in [0.25, 0.3) is 0 Å². The highest BCUT2D eigenvalue weighted by atomic mass is 16.5. The summed E-state index contributed by atoms with van der Waals surface area (Å²) in [5.74, 6) is 0.722. The minimum atomic E-state index is -0.146. The molecular weight excluding hydrogens is 230 g/mol. The largest absolute Gasteiger partial charge is 0.496 e. The number of aromatic nitrogens is 1. The lowest BCUT2D eigenvalue weighted by atomic mass is 10.0. The lowest BCUT2D eigenvalue weighted by molar-refractivity contribution is 0.420. The van der Waals surface area contributed by atoms with Gasteiger partial charge in [0.2, 0.25) is 5.56 Å². The smallest absolute Gasteiger partial charge is 0.249 e. The molecule has 0 atom stereocenters. The number of methoxy groups -OCH3 is 1. The Morgan fingerprint density at radius 3 is 2.89 bits per heavy atom. The van der Waals surface area contributed by atoms with E-state index in [2.05, 4.69) is 4.98 Å². The van der Waals surface area contributed by atoms with Crippen molar-refractivity contribution in [3.8, 4) is 16.9 Å². The average molecular weight is 241 g/mol. The van der Waals surface area contributed by atoms with Gasteiger partial charge in [-0.2, -0.15) is 0 Å². The summed E-state index contributed by atoms with van der Waals surface area (Å²) in [6.07, 6.45) is 3.19. The molecule has 0 saturated carbocycles. The summed E-state index contributed by atoms with van der Waals surface area (Å²) >= 11 is 0. The Labute approximate surface area is 103 Å². The SMILES string of the molecule is COc1cccc2[nH]c(=O)cc(-c3ccoc3)c12. The Morgan fingerprint density at radius 1 is 1.28 bits per heavy atom. The molecule has 0 aliphatic heterocycles. The molecule has 2 heterocycles. The fraction of sp³-hybridized carbons (Fsp3) is 0.0714. The molecule has 4 nitrogen and oxygen atoms in total. The summed E-state index contributed by atoms with van der Waals surface area (Å²) in [5.41, 5.74) is 2.26. The van der Waals surface area contributed by atoms with Crippen LogP contribution in [-0.4, -0.2) is 12.1 Å². The van der Waals surface area contributed by atoms with Crippen LogP contribution in [0.2, 0.25) is 0 Å². The molecule has 1 N–H and O–H groups in total. The van der Waals surface area contributed by atoms with Crippen LogP contribution in [0.1, 0.15) is 0 Å². The number of ether oxygens (including phenoxy) is 1. The molecule has 2 aromatic heterocycles. The van der Waals surface area contributed by atoms with E-state index in [1.54, 1.807) is 25.7 Å². The van der Waals surface area contributed by atoms with Crippen molar-refractivity contribution in [1.29, 1.82) is 0 Å². The van der Waals surface area contributed by atoms with Crippen molar-refractivity contribution in [3.63, 3.8) is 0 Å². The first-order valence-electron chi connectivity index (χ1n) is 5.52. The van der Waals surface area contributed by atoms with Gasteiger partial charge in [-0.05, 0) is 18.2 Å². The Hall–Kier alpha value is -2.49. The predicted molar refractivity (Wildman–Crippen MR) is 68.8 cm³/mol. The zero-order valence-electron chi connectivity index (χ0n) is 9.77. The quantitative estimate of drug-likeness (QED) is 0.750. The maximum atomic E-state index is 11.7. The van der Waals surface area contributed by atoms with Gasteiger partial charge in [-0.25, -0.2) is 0 Å². The van der Waals surface area contributed by atoms with Gasteiger partial charge in [0.1, 0.15) is 5.75 Å². The fourth-order valence-electron chi connectivity index (χ4n) is 2.10. The predicted octanol–water partition coefficient (Wildman–Crippen LogP) is 2.80. The second-order valence-electron chi connectivity index (χ2n) is 3.94. The maximum Gasteiger partial charge on any atom is 0.249 e. The molecule has 3 rings (SSSR count). The van der Waals surface area contributed by atoms with Crippen LogP contribution >= 0.6 is 0 Å². The highest BCUT2D eigenvalue weighted by Gasteiger charge is 2.11. The first-order chi connectivity index (χ1) is 8.79. The highest BCUT2D eigenvalue weighted by Crippen LogP contribution is 2.33. The molecular formula is C14H11NO3. The molecule has 0 saturated heterocycles. The van der Waals surface area contributed by atoms with E-state index in [9.17, 15) is 4.79 Å². The van der Waals surface area contributed by atoms with E-state index in [1.807, 2.05) is 24.3 Å². The van der Waals surface area contributed by atoms with Gasteiger partial charge >= 0.3 is 0 Å². The number of hydrogen-bond donors (Lipinski definition) is 1. The van der Waals surface area contributed by atoms with Crippen LogP contribution < -0.4 is 10.3 Å². The fourth-order valence-corrected chi connectivity index (χ4v) is 2.10. The van der Waals surface area contributed by atoms with Crippen LogP contribution in [-0.2, 0) is 0 Å². The van der Waals surface area contributed by atoms with E-state index in [0.29, 0.717) is 0 Å². The third kappa shape index (κ3) is 1.59. The minimum Gasteiger partial charge on any atom is -0.496 e. The molecule has 0 radical (unpaired) electrons.